The van der Waals surface area contributed by atoms with Crippen LogP contribution in [0.5, 0.6) is 0 Å². The van der Waals surface area contributed by atoms with Gasteiger partial charge >= 0.3 is 0 Å². The van der Waals surface area contributed by atoms with Crippen molar-refractivity contribution in [3.8, 4) is 0 Å². The van der Waals surface area contributed by atoms with E-state index >= 15 is 0 Å². The largest absolute Gasteiger partial charge is 0.399 e. The van der Waals surface area contributed by atoms with E-state index in [-0.39, 0.29) is 0 Å². The van der Waals surface area contributed by atoms with Gasteiger partial charge < -0.3 is 10.8 Å². The molecule has 2 nitrogen and oxygen atoms in total. The van der Waals surface area contributed by atoms with E-state index in [2.05, 4.69) is 6.92 Å². The average molecular weight is 136 g/mol. The maximum Gasteiger partial charge on any atom is 0.0791 e. The molecule has 2 heteroatoms. The molecule has 0 saturated carbocycles. The number of hydrogen-bond donors (Lipinski definition) is 2. The van der Waals surface area contributed by atoms with Crippen LogP contribution in [-0.4, -0.2) is 5.11 Å². The third-order valence-corrected chi connectivity index (χ3v) is 1.30. The molecule has 1 aromatic carbocycles. The van der Waals surface area contributed by atoms with Gasteiger partial charge in [-0.3, -0.25) is 0 Å². The highest BCUT2D eigenvalue weighted by Gasteiger charge is 1.98. The summed E-state index contributed by atoms with van der Waals surface area (Å²) in [6.07, 6.45) is -0.677. The summed E-state index contributed by atoms with van der Waals surface area (Å²) < 4.78 is 0. The molecule has 3 N–H and O–H groups in total. The van der Waals surface area contributed by atoms with Crippen LogP contribution in [0.1, 0.15) is 11.7 Å². The molecule has 0 aromatic heterocycles. The minimum Gasteiger partial charge on any atom is -0.399 e. The lowest BCUT2D eigenvalue weighted by Gasteiger charge is -2.03. The zero-order valence-corrected chi connectivity index (χ0v) is 5.62. The van der Waals surface area contributed by atoms with Gasteiger partial charge in [0.1, 0.15) is 0 Å². The average Bonchev–Trinajstić information content (AvgIpc) is 1.88. The molecule has 0 aliphatic rings. The van der Waals surface area contributed by atoms with Crippen LogP contribution < -0.4 is 5.73 Å². The fourth-order valence-corrected chi connectivity index (χ4v) is 0.766. The normalized spacial score (nSPS) is 13.0. The van der Waals surface area contributed by atoms with Gasteiger partial charge in [-0.1, -0.05) is 12.1 Å². The lowest BCUT2D eigenvalue weighted by molar-refractivity contribution is 0.226. The van der Waals surface area contributed by atoms with Crippen molar-refractivity contribution in [1.29, 1.82) is 0 Å². The second-order valence-corrected chi connectivity index (χ2v) is 2.19. The minimum atomic E-state index is -0.677. The first-order valence-corrected chi connectivity index (χ1v) is 3.07. The van der Waals surface area contributed by atoms with Crippen molar-refractivity contribution in [3.63, 3.8) is 0 Å². The fourth-order valence-electron chi connectivity index (χ4n) is 0.766. The van der Waals surface area contributed by atoms with Crippen molar-refractivity contribution in [2.75, 3.05) is 5.73 Å². The van der Waals surface area contributed by atoms with E-state index in [1.54, 1.807) is 24.3 Å². The van der Waals surface area contributed by atoms with Crippen molar-refractivity contribution in [2.24, 2.45) is 0 Å². The number of benzene rings is 1. The van der Waals surface area contributed by atoms with E-state index in [0.717, 1.165) is 5.56 Å². The van der Waals surface area contributed by atoms with Crippen LogP contribution in [0.2, 0.25) is 0 Å². The van der Waals surface area contributed by atoms with Crippen molar-refractivity contribution in [2.45, 2.75) is 6.10 Å². The number of aliphatic hydroxyl groups is 1. The number of nitrogen functional groups attached to an aromatic ring is 1. The number of hydrogen-bond acceptors (Lipinski definition) is 2. The first-order chi connectivity index (χ1) is 4.70. The number of anilines is 1. The zero-order valence-electron chi connectivity index (χ0n) is 5.62. The van der Waals surface area contributed by atoms with Gasteiger partial charge in [-0.15, -0.1) is 0 Å². The molecule has 0 bridgehead atoms. The maximum atomic E-state index is 8.98. The molecule has 0 aliphatic carbocycles. The topological polar surface area (TPSA) is 46.2 Å². The van der Waals surface area contributed by atoms with E-state index in [1.807, 2.05) is 0 Å². The summed E-state index contributed by atoms with van der Waals surface area (Å²) in [4.78, 5) is 0. The number of aliphatic hydroxyl groups excluding tert-OH is 1. The molecule has 0 heterocycles. The Morgan fingerprint density at radius 3 is 2.60 bits per heavy atom. The summed E-state index contributed by atoms with van der Waals surface area (Å²) >= 11 is 0. The van der Waals surface area contributed by atoms with Crippen molar-refractivity contribution >= 4 is 5.69 Å². The fraction of sp³-hybridized carbons (Fsp3) is 0.125. The van der Waals surface area contributed by atoms with Crippen molar-refractivity contribution < 1.29 is 5.11 Å². The van der Waals surface area contributed by atoms with Crippen LogP contribution >= 0.6 is 0 Å². The van der Waals surface area contributed by atoms with Crippen LogP contribution in [0, 0.1) is 6.92 Å². The van der Waals surface area contributed by atoms with Gasteiger partial charge in [0.15, 0.2) is 0 Å². The zero-order chi connectivity index (χ0) is 7.56. The first kappa shape index (κ1) is 7.09. The first-order valence-electron chi connectivity index (χ1n) is 3.07. The Bertz CT molecular complexity index is 220. The van der Waals surface area contributed by atoms with E-state index in [1.165, 1.54) is 0 Å². The van der Waals surface area contributed by atoms with E-state index in [0.29, 0.717) is 5.69 Å². The second kappa shape index (κ2) is 2.71. The Labute approximate surface area is 60.3 Å². The van der Waals surface area contributed by atoms with E-state index < -0.39 is 6.10 Å². The third kappa shape index (κ3) is 1.48. The molecule has 1 aromatic rings. The Hall–Kier alpha value is -1.02. The van der Waals surface area contributed by atoms with Crippen LogP contribution in [-0.2, 0) is 0 Å². The Morgan fingerprint density at radius 1 is 1.50 bits per heavy atom. The molecule has 0 aliphatic heterocycles. The molecular formula is C8H10NO. The smallest absolute Gasteiger partial charge is 0.0791 e. The van der Waals surface area contributed by atoms with Crippen LogP contribution in [0.25, 0.3) is 0 Å². The monoisotopic (exact) mass is 136 g/mol. The molecule has 1 atom stereocenters. The summed E-state index contributed by atoms with van der Waals surface area (Å²) in [5, 5.41) is 8.98. The summed E-state index contributed by atoms with van der Waals surface area (Å²) in [6.45, 7) is 3.45. The van der Waals surface area contributed by atoms with E-state index in [9.17, 15) is 0 Å². The summed E-state index contributed by atoms with van der Waals surface area (Å²) in [5.74, 6) is 0. The molecule has 10 heavy (non-hydrogen) atoms. The van der Waals surface area contributed by atoms with Gasteiger partial charge in [0.25, 0.3) is 0 Å². The van der Waals surface area contributed by atoms with Crippen LogP contribution in [0.4, 0.5) is 5.69 Å². The second-order valence-electron chi connectivity index (χ2n) is 2.19. The molecule has 0 saturated heterocycles. The highest BCUT2D eigenvalue weighted by molar-refractivity contribution is 5.41. The Kier molecular flexibility index (Phi) is 1.92. The molecule has 0 spiro atoms. The molecule has 1 radical (unpaired) electrons. The van der Waals surface area contributed by atoms with Gasteiger partial charge in [0.05, 0.1) is 6.10 Å². The van der Waals surface area contributed by atoms with Crippen molar-refractivity contribution in [3.05, 3.63) is 36.8 Å². The lowest BCUT2D eigenvalue weighted by Crippen LogP contribution is -1.92. The molecule has 53 valence electrons. The molecular weight excluding hydrogens is 126 g/mol. The summed E-state index contributed by atoms with van der Waals surface area (Å²) in [7, 11) is 0. The van der Waals surface area contributed by atoms with Gasteiger partial charge in [0, 0.05) is 5.69 Å². The predicted octanol–water partition coefficient (Wildman–Crippen LogP) is 1.14. The number of nitrogens with two attached hydrogens (primary N) is 1. The van der Waals surface area contributed by atoms with E-state index in [4.69, 9.17) is 10.8 Å². The predicted molar refractivity (Wildman–Crippen MR) is 41.2 cm³/mol. The quantitative estimate of drug-likeness (QED) is 0.568. The van der Waals surface area contributed by atoms with Crippen molar-refractivity contribution in [1.82, 2.24) is 0 Å². The highest BCUT2D eigenvalue weighted by Crippen LogP contribution is 2.13. The standard InChI is InChI=1S/C8H10NO/c1-6(10)7-3-2-4-8(9)5-7/h2-6,10H,1,9H2/t6-/m1/s1. The Morgan fingerprint density at radius 2 is 2.20 bits per heavy atom. The SMILES string of the molecule is [CH2][C@@H](O)c1cccc(N)c1. The summed E-state index contributed by atoms with van der Waals surface area (Å²) in [5.41, 5.74) is 6.86. The van der Waals surface area contributed by atoms with Crippen LogP contribution in [0.15, 0.2) is 24.3 Å². The maximum absolute atomic E-state index is 8.98. The minimum absolute atomic E-state index is 0.653. The van der Waals surface area contributed by atoms with Crippen LogP contribution in [0.3, 0.4) is 0 Å². The lowest BCUT2D eigenvalue weighted by atomic mass is 10.1. The van der Waals surface area contributed by atoms with Gasteiger partial charge in [-0.25, -0.2) is 0 Å². The molecule has 0 unspecified atom stereocenters. The highest BCUT2D eigenvalue weighted by atomic mass is 16.3. The molecule has 0 fully saturated rings. The number of rotatable bonds is 1. The third-order valence-electron chi connectivity index (χ3n) is 1.30. The molecule has 1 rings (SSSR count). The van der Waals surface area contributed by atoms with Gasteiger partial charge in [-0.05, 0) is 24.6 Å². The van der Waals surface area contributed by atoms with Gasteiger partial charge in [-0.2, -0.15) is 0 Å². The Balaban J connectivity index is 2.96. The summed E-state index contributed by atoms with van der Waals surface area (Å²) in [6, 6.07) is 7.05. The molecule has 0 amide bonds. The van der Waals surface area contributed by atoms with Gasteiger partial charge in [0.2, 0.25) is 0 Å².